The minimum atomic E-state index is 0.294. The van der Waals surface area contributed by atoms with Crippen molar-refractivity contribution in [1.29, 1.82) is 0 Å². The summed E-state index contributed by atoms with van der Waals surface area (Å²) in [4.78, 5) is 0. The molecule has 3 aromatic carbocycles. The lowest BCUT2D eigenvalue weighted by Gasteiger charge is -2.15. The van der Waals surface area contributed by atoms with Crippen LogP contribution in [-0.2, 0) is 0 Å². The molecule has 2 heteroatoms. The summed E-state index contributed by atoms with van der Waals surface area (Å²) in [5, 5.41) is 0.294. The number of thioether (sulfide) groups is 1. The highest BCUT2D eigenvalue weighted by Gasteiger charge is 2.33. The number of para-hydroxylation sites is 1. The SMILES string of the molecule is CSC1C(c2ccccc2)=C(Oc2ccccc2)c2ccccc21. The van der Waals surface area contributed by atoms with Gasteiger partial charge < -0.3 is 4.74 Å². The van der Waals surface area contributed by atoms with Gasteiger partial charge in [0.2, 0.25) is 0 Å². The Morgan fingerprint density at radius 2 is 1.38 bits per heavy atom. The van der Waals surface area contributed by atoms with E-state index < -0.39 is 0 Å². The third-order valence-corrected chi connectivity index (χ3v) is 5.24. The lowest BCUT2D eigenvalue weighted by molar-refractivity contribution is 0.518. The Morgan fingerprint density at radius 3 is 2.08 bits per heavy atom. The van der Waals surface area contributed by atoms with Crippen LogP contribution in [0.15, 0.2) is 84.9 Å². The maximum absolute atomic E-state index is 6.37. The molecule has 0 N–H and O–H groups in total. The van der Waals surface area contributed by atoms with Crippen LogP contribution in [-0.4, -0.2) is 6.26 Å². The van der Waals surface area contributed by atoms with Gasteiger partial charge in [-0.25, -0.2) is 0 Å². The molecule has 1 aliphatic carbocycles. The number of rotatable bonds is 4. The molecule has 0 spiro atoms. The Hall–Kier alpha value is -2.45. The van der Waals surface area contributed by atoms with E-state index in [0.29, 0.717) is 5.25 Å². The van der Waals surface area contributed by atoms with E-state index in [0.717, 1.165) is 11.5 Å². The van der Waals surface area contributed by atoms with Gasteiger partial charge in [-0.15, -0.1) is 0 Å². The van der Waals surface area contributed by atoms with E-state index in [1.54, 1.807) is 0 Å². The number of hydrogen-bond acceptors (Lipinski definition) is 2. The van der Waals surface area contributed by atoms with Gasteiger partial charge in [0.1, 0.15) is 11.5 Å². The molecule has 0 radical (unpaired) electrons. The lowest BCUT2D eigenvalue weighted by Crippen LogP contribution is -1.96. The summed E-state index contributed by atoms with van der Waals surface area (Å²) in [6, 6.07) is 29.1. The van der Waals surface area contributed by atoms with Crippen molar-refractivity contribution < 1.29 is 4.74 Å². The molecule has 3 aromatic rings. The van der Waals surface area contributed by atoms with Gasteiger partial charge >= 0.3 is 0 Å². The Balaban J connectivity index is 1.90. The van der Waals surface area contributed by atoms with Crippen molar-refractivity contribution in [1.82, 2.24) is 0 Å². The highest BCUT2D eigenvalue weighted by Crippen LogP contribution is 2.51. The molecule has 1 unspecified atom stereocenters. The van der Waals surface area contributed by atoms with Crippen molar-refractivity contribution in [3.05, 3.63) is 102 Å². The second kappa shape index (κ2) is 6.58. The summed E-state index contributed by atoms with van der Waals surface area (Å²) in [5.74, 6) is 1.85. The van der Waals surface area contributed by atoms with Crippen molar-refractivity contribution in [2.75, 3.05) is 6.26 Å². The number of benzene rings is 3. The van der Waals surface area contributed by atoms with E-state index in [-0.39, 0.29) is 0 Å². The summed E-state index contributed by atoms with van der Waals surface area (Å²) in [7, 11) is 0. The number of hydrogen-bond donors (Lipinski definition) is 0. The van der Waals surface area contributed by atoms with Gasteiger partial charge in [0.05, 0.1) is 5.25 Å². The minimum Gasteiger partial charge on any atom is -0.456 e. The quantitative estimate of drug-likeness (QED) is 0.576. The molecule has 0 aromatic heterocycles. The molecule has 1 atom stereocenters. The van der Waals surface area contributed by atoms with Crippen LogP contribution in [0.3, 0.4) is 0 Å². The van der Waals surface area contributed by atoms with Crippen molar-refractivity contribution in [2.45, 2.75) is 5.25 Å². The summed E-state index contributed by atoms with van der Waals surface area (Å²) in [6.45, 7) is 0. The molecule has 0 amide bonds. The summed E-state index contributed by atoms with van der Waals surface area (Å²) in [5.41, 5.74) is 5.00. The molecule has 0 saturated carbocycles. The van der Waals surface area contributed by atoms with Crippen LogP contribution >= 0.6 is 11.8 Å². The highest BCUT2D eigenvalue weighted by atomic mass is 32.2. The molecule has 24 heavy (non-hydrogen) atoms. The number of fused-ring (bicyclic) bond motifs is 1. The van der Waals surface area contributed by atoms with E-state index in [4.69, 9.17) is 4.74 Å². The first-order chi connectivity index (χ1) is 11.9. The number of ether oxygens (including phenoxy) is 1. The maximum Gasteiger partial charge on any atom is 0.140 e. The predicted octanol–water partition coefficient (Wildman–Crippen LogP) is 6.05. The molecule has 0 saturated heterocycles. The molecule has 0 fully saturated rings. The molecule has 4 rings (SSSR count). The van der Waals surface area contributed by atoms with Crippen LogP contribution in [0.1, 0.15) is 21.9 Å². The Kier molecular flexibility index (Phi) is 4.14. The summed E-state index contributed by atoms with van der Waals surface area (Å²) < 4.78 is 6.37. The van der Waals surface area contributed by atoms with E-state index in [1.165, 1.54) is 22.3 Å². The van der Waals surface area contributed by atoms with E-state index in [9.17, 15) is 0 Å². The van der Waals surface area contributed by atoms with Crippen molar-refractivity contribution in [3.8, 4) is 5.75 Å². The smallest absolute Gasteiger partial charge is 0.140 e. The van der Waals surface area contributed by atoms with Crippen LogP contribution in [0.25, 0.3) is 11.3 Å². The summed E-state index contributed by atoms with van der Waals surface area (Å²) in [6.07, 6.45) is 2.16. The van der Waals surface area contributed by atoms with E-state index >= 15 is 0 Å². The standard InChI is InChI=1S/C22H18OS/c1-24-22-19-15-9-8-14-18(19)21(23-17-12-6-3-7-13-17)20(22)16-10-4-2-5-11-16/h2-15,22H,1H3. The van der Waals surface area contributed by atoms with Crippen LogP contribution < -0.4 is 4.74 Å². The van der Waals surface area contributed by atoms with Crippen LogP contribution in [0, 0.1) is 0 Å². The van der Waals surface area contributed by atoms with Crippen molar-refractivity contribution in [3.63, 3.8) is 0 Å². The zero-order valence-electron chi connectivity index (χ0n) is 13.5. The fourth-order valence-electron chi connectivity index (χ4n) is 3.21. The first-order valence-electron chi connectivity index (χ1n) is 8.03. The Bertz CT molecular complexity index is 869. The average Bonchev–Trinajstić information content (AvgIpc) is 2.97. The largest absolute Gasteiger partial charge is 0.456 e. The molecule has 1 nitrogen and oxygen atoms in total. The topological polar surface area (TPSA) is 9.23 Å². The first kappa shape index (κ1) is 15.1. The Morgan fingerprint density at radius 1 is 0.750 bits per heavy atom. The van der Waals surface area contributed by atoms with Gasteiger partial charge in [0.25, 0.3) is 0 Å². The Labute approximate surface area is 147 Å². The highest BCUT2D eigenvalue weighted by molar-refractivity contribution is 7.99. The zero-order valence-corrected chi connectivity index (χ0v) is 14.3. The van der Waals surface area contributed by atoms with Crippen molar-refractivity contribution in [2.24, 2.45) is 0 Å². The molecular weight excluding hydrogens is 312 g/mol. The van der Waals surface area contributed by atoms with Crippen LogP contribution in [0.5, 0.6) is 5.75 Å². The van der Waals surface area contributed by atoms with Gasteiger partial charge in [-0.05, 0) is 29.5 Å². The fraction of sp³-hybridized carbons (Fsp3) is 0.0909. The van der Waals surface area contributed by atoms with Gasteiger partial charge in [-0.3, -0.25) is 0 Å². The first-order valence-corrected chi connectivity index (χ1v) is 9.32. The second-order valence-electron chi connectivity index (χ2n) is 5.73. The molecule has 118 valence electrons. The minimum absolute atomic E-state index is 0.294. The van der Waals surface area contributed by atoms with Gasteiger partial charge in [0, 0.05) is 11.1 Å². The molecular formula is C22H18OS. The summed E-state index contributed by atoms with van der Waals surface area (Å²) >= 11 is 1.85. The van der Waals surface area contributed by atoms with E-state index in [2.05, 4.69) is 60.9 Å². The average molecular weight is 330 g/mol. The molecule has 0 bridgehead atoms. The van der Waals surface area contributed by atoms with E-state index in [1.807, 2.05) is 42.1 Å². The molecule has 0 aliphatic heterocycles. The fourth-order valence-corrected chi connectivity index (χ4v) is 4.15. The van der Waals surface area contributed by atoms with Crippen LogP contribution in [0.2, 0.25) is 0 Å². The normalized spacial score (nSPS) is 16.1. The van der Waals surface area contributed by atoms with Gasteiger partial charge in [-0.1, -0.05) is 72.8 Å². The molecule has 1 aliphatic rings. The van der Waals surface area contributed by atoms with Crippen LogP contribution in [0.4, 0.5) is 0 Å². The monoisotopic (exact) mass is 330 g/mol. The third-order valence-electron chi connectivity index (χ3n) is 4.28. The second-order valence-corrected chi connectivity index (χ2v) is 6.67. The van der Waals surface area contributed by atoms with Gasteiger partial charge in [-0.2, -0.15) is 11.8 Å². The van der Waals surface area contributed by atoms with Gasteiger partial charge in [0.15, 0.2) is 0 Å². The maximum atomic E-state index is 6.37. The third kappa shape index (κ3) is 2.63. The van der Waals surface area contributed by atoms with Crippen molar-refractivity contribution >= 4 is 23.1 Å². The lowest BCUT2D eigenvalue weighted by atomic mass is 10.0. The predicted molar refractivity (Wildman–Crippen MR) is 103 cm³/mol. The molecule has 0 heterocycles. The zero-order chi connectivity index (χ0) is 16.4.